The minimum Gasteiger partial charge on any atom is -0.490 e. The number of carbonyl (C=O) groups excluding carboxylic acids is 1. The fourth-order valence-corrected chi connectivity index (χ4v) is 5.12. The van der Waals surface area contributed by atoms with Gasteiger partial charge in [-0.2, -0.15) is 4.31 Å². The maximum Gasteiger partial charge on any atom is 0.243 e. The van der Waals surface area contributed by atoms with Crippen LogP contribution in [0.25, 0.3) is 0 Å². The number of hydrogen-bond donors (Lipinski definition) is 0. The molecule has 0 radical (unpaired) electrons. The van der Waals surface area contributed by atoms with E-state index in [1.807, 2.05) is 39.0 Å². The molecular formula is C24H32N2O5S. The van der Waals surface area contributed by atoms with Gasteiger partial charge in [0.2, 0.25) is 15.9 Å². The third-order valence-electron chi connectivity index (χ3n) is 5.49. The zero-order chi connectivity index (χ0) is 23.1. The van der Waals surface area contributed by atoms with Crippen LogP contribution in [0, 0.1) is 6.92 Å². The molecule has 1 heterocycles. The molecule has 0 N–H and O–H groups in total. The lowest BCUT2D eigenvalue weighted by Gasteiger charge is -2.34. The first kappa shape index (κ1) is 24.1. The predicted molar refractivity (Wildman–Crippen MR) is 124 cm³/mol. The van der Waals surface area contributed by atoms with Crippen LogP contribution < -0.4 is 9.47 Å². The quantitative estimate of drug-likeness (QED) is 0.574. The zero-order valence-corrected chi connectivity index (χ0v) is 19.9. The van der Waals surface area contributed by atoms with E-state index in [1.165, 1.54) is 4.31 Å². The predicted octanol–water partition coefficient (Wildman–Crippen LogP) is 3.26. The summed E-state index contributed by atoms with van der Waals surface area (Å²) in [6.45, 7) is 8.28. The summed E-state index contributed by atoms with van der Waals surface area (Å²) in [6, 6.07) is 12.6. The lowest BCUT2D eigenvalue weighted by atomic mass is 10.1. The minimum atomic E-state index is -3.53. The molecule has 1 saturated heterocycles. The van der Waals surface area contributed by atoms with Crippen molar-refractivity contribution in [2.75, 3.05) is 39.4 Å². The van der Waals surface area contributed by atoms with E-state index >= 15 is 0 Å². The Kier molecular flexibility index (Phi) is 8.15. The van der Waals surface area contributed by atoms with Gasteiger partial charge in [0, 0.05) is 32.6 Å². The number of nitrogens with zero attached hydrogens (tertiary/aromatic N) is 2. The van der Waals surface area contributed by atoms with Crippen LogP contribution in [-0.4, -0.2) is 62.9 Å². The van der Waals surface area contributed by atoms with E-state index in [0.29, 0.717) is 68.6 Å². The van der Waals surface area contributed by atoms with E-state index in [1.54, 1.807) is 29.2 Å². The smallest absolute Gasteiger partial charge is 0.243 e. The lowest BCUT2D eigenvalue weighted by molar-refractivity contribution is -0.132. The van der Waals surface area contributed by atoms with Gasteiger partial charge in [-0.05, 0) is 57.0 Å². The Labute approximate surface area is 191 Å². The lowest BCUT2D eigenvalue weighted by Crippen LogP contribution is -2.50. The number of piperazine rings is 1. The van der Waals surface area contributed by atoms with Gasteiger partial charge in [0.05, 0.1) is 18.1 Å². The number of sulfonamides is 1. The molecule has 0 saturated carbocycles. The Morgan fingerprint density at radius 3 is 2.16 bits per heavy atom. The van der Waals surface area contributed by atoms with Crippen molar-refractivity contribution >= 4 is 15.9 Å². The van der Waals surface area contributed by atoms with Crippen molar-refractivity contribution < 1.29 is 22.7 Å². The summed E-state index contributed by atoms with van der Waals surface area (Å²) in [4.78, 5) is 14.8. The molecular weight excluding hydrogens is 428 g/mol. The number of aryl methyl sites for hydroxylation is 2. The first-order chi connectivity index (χ1) is 15.3. The summed E-state index contributed by atoms with van der Waals surface area (Å²) in [5, 5.41) is 0. The molecule has 7 nitrogen and oxygen atoms in total. The van der Waals surface area contributed by atoms with E-state index in [-0.39, 0.29) is 5.91 Å². The molecule has 0 aliphatic carbocycles. The summed E-state index contributed by atoms with van der Waals surface area (Å²) in [6.07, 6.45) is 0.956. The Morgan fingerprint density at radius 1 is 0.906 bits per heavy atom. The molecule has 2 aromatic rings. The maximum absolute atomic E-state index is 12.8. The van der Waals surface area contributed by atoms with Gasteiger partial charge in [-0.3, -0.25) is 4.79 Å². The van der Waals surface area contributed by atoms with Crippen LogP contribution in [0.4, 0.5) is 0 Å². The highest BCUT2D eigenvalue weighted by atomic mass is 32.2. The molecule has 0 unspecified atom stereocenters. The van der Waals surface area contributed by atoms with Crippen molar-refractivity contribution in [3.05, 3.63) is 53.6 Å². The Hall–Kier alpha value is -2.58. The second-order valence-corrected chi connectivity index (χ2v) is 9.68. The summed E-state index contributed by atoms with van der Waals surface area (Å²) in [5.41, 5.74) is 2.02. The zero-order valence-electron chi connectivity index (χ0n) is 19.0. The first-order valence-corrected chi connectivity index (χ1v) is 12.5. The molecule has 0 spiro atoms. The van der Waals surface area contributed by atoms with Crippen LogP contribution in [0.3, 0.4) is 0 Å². The van der Waals surface area contributed by atoms with Crippen LogP contribution in [-0.2, 0) is 21.2 Å². The molecule has 2 aromatic carbocycles. The van der Waals surface area contributed by atoms with Crippen molar-refractivity contribution in [2.45, 2.75) is 38.5 Å². The molecule has 8 heteroatoms. The summed E-state index contributed by atoms with van der Waals surface area (Å²) >= 11 is 0. The fourth-order valence-electron chi connectivity index (χ4n) is 3.70. The normalized spacial score (nSPS) is 14.9. The highest BCUT2D eigenvalue weighted by molar-refractivity contribution is 7.89. The first-order valence-electron chi connectivity index (χ1n) is 11.1. The Balaban J connectivity index is 1.54. The molecule has 0 bridgehead atoms. The number of ether oxygens (including phenoxy) is 2. The van der Waals surface area contributed by atoms with Crippen molar-refractivity contribution in [1.82, 2.24) is 9.21 Å². The number of hydrogen-bond acceptors (Lipinski definition) is 5. The third-order valence-corrected chi connectivity index (χ3v) is 7.40. The van der Waals surface area contributed by atoms with Crippen LogP contribution in [0.1, 0.15) is 31.4 Å². The third kappa shape index (κ3) is 5.81. The van der Waals surface area contributed by atoms with Gasteiger partial charge < -0.3 is 14.4 Å². The fraction of sp³-hybridized carbons (Fsp3) is 0.458. The summed E-state index contributed by atoms with van der Waals surface area (Å²) in [5.74, 6) is 1.42. The highest BCUT2D eigenvalue weighted by Crippen LogP contribution is 2.29. The minimum absolute atomic E-state index is 0.0317. The van der Waals surface area contributed by atoms with E-state index < -0.39 is 10.0 Å². The van der Waals surface area contributed by atoms with Gasteiger partial charge in [-0.1, -0.05) is 23.8 Å². The summed E-state index contributed by atoms with van der Waals surface area (Å²) < 4.78 is 38.4. The van der Waals surface area contributed by atoms with E-state index in [9.17, 15) is 13.2 Å². The van der Waals surface area contributed by atoms with Gasteiger partial charge >= 0.3 is 0 Å². The Bertz CT molecular complexity index is 1010. The topological polar surface area (TPSA) is 76.2 Å². The van der Waals surface area contributed by atoms with Crippen LogP contribution >= 0.6 is 0 Å². The van der Waals surface area contributed by atoms with Crippen molar-refractivity contribution in [2.24, 2.45) is 0 Å². The van der Waals surface area contributed by atoms with Crippen LogP contribution in [0.2, 0.25) is 0 Å². The average molecular weight is 461 g/mol. The molecule has 174 valence electrons. The van der Waals surface area contributed by atoms with Crippen LogP contribution in [0.15, 0.2) is 47.4 Å². The van der Waals surface area contributed by atoms with Gasteiger partial charge in [-0.15, -0.1) is 0 Å². The molecule has 3 rings (SSSR count). The second kappa shape index (κ2) is 10.8. The monoisotopic (exact) mass is 460 g/mol. The van der Waals surface area contributed by atoms with Crippen molar-refractivity contribution in [3.8, 4) is 11.5 Å². The average Bonchev–Trinajstić information content (AvgIpc) is 2.79. The highest BCUT2D eigenvalue weighted by Gasteiger charge is 2.29. The molecule has 1 fully saturated rings. The maximum atomic E-state index is 12.8. The molecule has 1 aliphatic rings. The number of rotatable bonds is 9. The molecule has 0 atom stereocenters. The SMILES string of the molecule is CCOc1ccc(CCC(=O)N2CCN(S(=O)(=O)c3ccc(C)cc3)CC2)cc1OCC. The molecule has 1 amide bonds. The van der Waals surface area contributed by atoms with Gasteiger partial charge in [0.1, 0.15) is 0 Å². The number of amides is 1. The molecule has 32 heavy (non-hydrogen) atoms. The van der Waals surface area contributed by atoms with Gasteiger partial charge in [0.25, 0.3) is 0 Å². The van der Waals surface area contributed by atoms with Gasteiger partial charge in [-0.25, -0.2) is 8.42 Å². The summed E-state index contributed by atoms with van der Waals surface area (Å²) in [7, 11) is -3.53. The van der Waals surface area contributed by atoms with Gasteiger partial charge in [0.15, 0.2) is 11.5 Å². The second-order valence-electron chi connectivity index (χ2n) is 7.75. The van der Waals surface area contributed by atoms with Crippen molar-refractivity contribution in [3.63, 3.8) is 0 Å². The van der Waals surface area contributed by atoms with E-state index in [0.717, 1.165) is 11.1 Å². The number of benzene rings is 2. The van der Waals surface area contributed by atoms with Crippen molar-refractivity contribution in [1.29, 1.82) is 0 Å². The largest absolute Gasteiger partial charge is 0.490 e. The standard InChI is InChI=1S/C24H32N2O5S/c1-4-30-22-12-8-20(18-23(22)31-5-2)9-13-24(27)25-14-16-26(17-15-25)32(28,29)21-10-6-19(3)7-11-21/h6-8,10-12,18H,4-5,9,13-17H2,1-3H3. The molecule has 0 aromatic heterocycles. The Morgan fingerprint density at radius 2 is 1.53 bits per heavy atom. The van der Waals surface area contributed by atoms with E-state index in [4.69, 9.17) is 9.47 Å². The molecule has 1 aliphatic heterocycles. The van der Waals surface area contributed by atoms with E-state index in [2.05, 4.69) is 0 Å². The number of carbonyl (C=O) groups is 1. The van der Waals surface area contributed by atoms with Crippen LogP contribution in [0.5, 0.6) is 11.5 Å².